The summed E-state index contributed by atoms with van der Waals surface area (Å²) in [5.41, 5.74) is 3.71. The lowest BCUT2D eigenvalue weighted by atomic mass is 9.94. The van der Waals surface area contributed by atoms with E-state index in [4.69, 9.17) is 8.92 Å². The molecule has 0 aromatic heterocycles. The van der Waals surface area contributed by atoms with Crippen molar-refractivity contribution in [3.05, 3.63) is 95.1 Å². The number of benzene rings is 3. The van der Waals surface area contributed by atoms with Gasteiger partial charge in [-0.1, -0.05) is 66.7 Å². The Morgan fingerprint density at radius 1 is 0.931 bits per heavy atom. The van der Waals surface area contributed by atoms with Crippen LogP contribution in [0.25, 0.3) is 11.6 Å². The van der Waals surface area contributed by atoms with E-state index < -0.39 is 16.9 Å². The molecule has 0 saturated heterocycles. The summed E-state index contributed by atoms with van der Waals surface area (Å²) in [7, 11) is -2.91. The van der Waals surface area contributed by atoms with Gasteiger partial charge < -0.3 is 9.84 Å². The van der Waals surface area contributed by atoms with Gasteiger partial charge >= 0.3 is 10.1 Å². The molecule has 0 aliphatic rings. The van der Waals surface area contributed by atoms with Crippen LogP contribution >= 0.6 is 0 Å². The molecule has 0 fully saturated rings. The van der Waals surface area contributed by atoms with Gasteiger partial charge in [-0.3, -0.25) is 0 Å². The molecule has 0 atom stereocenters. The van der Waals surface area contributed by atoms with E-state index in [-0.39, 0.29) is 10.6 Å². The quantitative estimate of drug-likeness (QED) is 0.350. The highest BCUT2D eigenvalue weighted by Crippen LogP contribution is 2.35. The van der Waals surface area contributed by atoms with E-state index in [9.17, 15) is 13.5 Å². The molecule has 3 aromatic rings. The maximum atomic E-state index is 12.7. The molecular formula is C23H22O5S. The highest BCUT2D eigenvalue weighted by molar-refractivity contribution is 7.87. The van der Waals surface area contributed by atoms with Crippen LogP contribution in [0.5, 0.6) is 5.75 Å². The van der Waals surface area contributed by atoms with Crippen LogP contribution in [0.3, 0.4) is 0 Å². The maximum Gasteiger partial charge on any atom is 0.303 e. The Labute approximate surface area is 171 Å². The first-order valence-corrected chi connectivity index (χ1v) is 10.4. The molecule has 3 rings (SSSR count). The van der Waals surface area contributed by atoms with Crippen LogP contribution in [0, 0.1) is 6.92 Å². The topological polar surface area (TPSA) is 72.8 Å². The largest absolute Gasteiger partial charge is 0.506 e. The van der Waals surface area contributed by atoms with Crippen LogP contribution in [0.2, 0.25) is 0 Å². The van der Waals surface area contributed by atoms with Crippen molar-refractivity contribution in [2.24, 2.45) is 0 Å². The molecule has 0 bridgehead atoms. The number of rotatable bonds is 7. The predicted molar refractivity (Wildman–Crippen MR) is 113 cm³/mol. The summed E-state index contributed by atoms with van der Waals surface area (Å²) < 4.78 is 35.1. The predicted octanol–water partition coefficient (Wildman–Crippen LogP) is 4.60. The van der Waals surface area contributed by atoms with Crippen LogP contribution in [-0.4, -0.2) is 27.4 Å². The third-order valence-corrected chi connectivity index (χ3v) is 5.76. The van der Waals surface area contributed by atoms with Crippen LogP contribution in [0.4, 0.5) is 0 Å². The first kappa shape index (κ1) is 20.8. The fourth-order valence-electron chi connectivity index (χ4n) is 3.01. The molecule has 5 nitrogen and oxygen atoms in total. The number of aromatic hydroxyl groups is 1. The van der Waals surface area contributed by atoms with E-state index in [1.807, 2.05) is 60.7 Å². The number of aryl methyl sites for hydroxylation is 1. The summed E-state index contributed by atoms with van der Waals surface area (Å²) in [4.78, 5) is -0.279. The minimum absolute atomic E-state index is 0.279. The average molecular weight is 410 g/mol. The molecule has 0 radical (unpaired) electrons. The lowest BCUT2D eigenvalue weighted by Gasteiger charge is -2.15. The number of phenolic OH excluding ortho intramolecular Hbond substituents is 1. The molecule has 150 valence electrons. The van der Waals surface area contributed by atoms with Crippen molar-refractivity contribution in [1.29, 1.82) is 0 Å². The summed E-state index contributed by atoms with van der Waals surface area (Å²) in [5.74, 6) is -0.376. The Morgan fingerprint density at radius 3 is 2.00 bits per heavy atom. The Balaban J connectivity index is 2.28. The summed E-state index contributed by atoms with van der Waals surface area (Å²) in [5, 5.41) is 10.4. The van der Waals surface area contributed by atoms with E-state index in [0.717, 1.165) is 16.7 Å². The molecule has 0 heterocycles. The van der Waals surface area contributed by atoms with Gasteiger partial charge in [0.25, 0.3) is 0 Å². The minimum Gasteiger partial charge on any atom is -0.506 e. The monoisotopic (exact) mass is 410 g/mol. The van der Waals surface area contributed by atoms with E-state index in [1.165, 1.54) is 13.2 Å². The fourth-order valence-corrected chi connectivity index (χ4v) is 4.17. The van der Waals surface area contributed by atoms with Gasteiger partial charge in [0, 0.05) is 12.7 Å². The van der Waals surface area contributed by atoms with E-state index in [0.29, 0.717) is 11.1 Å². The molecule has 1 N–H and O–H groups in total. The van der Waals surface area contributed by atoms with Crippen molar-refractivity contribution in [2.45, 2.75) is 11.8 Å². The van der Waals surface area contributed by atoms with Gasteiger partial charge in [-0.25, -0.2) is 4.18 Å². The molecule has 6 heteroatoms. The molecule has 0 saturated carbocycles. The van der Waals surface area contributed by atoms with Crippen molar-refractivity contribution in [3.63, 3.8) is 0 Å². The number of phenols is 1. The first-order valence-electron chi connectivity index (χ1n) is 8.97. The van der Waals surface area contributed by atoms with Crippen LogP contribution < -0.4 is 0 Å². The zero-order valence-electron chi connectivity index (χ0n) is 16.2. The molecule has 29 heavy (non-hydrogen) atoms. The molecule has 3 aromatic carbocycles. The molecule has 0 unspecified atom stereocenters. The van der Waals surface area contributed by atoms with Crippen LogP contribution in [-0.2, 0) is 19.0 Å². The van der Waals surface area contributed by atoms with Gasteiger partial charge in [-0.05, 0) is 41.3 Å². The highest BCUT2D eigenvalue weighted by atomic mass is 32.2. The lowest BCUT2D eigenvalue weighted by Crippen LogP contribution is -2.11. The Bertz CT molecular complexity index is 1060. The molecule has 0 aliphatic heterocycles. The van der Waals surface area contributed by atoms with Gasteiger partial charge in [0.2, 0.25) is 0 Å². The molecule has 0 amide bonds. The van der Waals surface area contributed by atoms with Gasteiger partial charge in [-0.2, -0.15) is 8.42 Å². The molecule has 0 spiro atoms. The zero-order chi connectivity index (χ0) is 20.9. The molecule has 0 aliphatic carbocycles. The van der Waals surface area contributed by atoms with Crippen molar-refractivity contribution in [3.8, 4) is 5.75 Å². The van der Waals surface area contributed by atoms with E-state index in [2.05, 4.69) is 0 Å². The summed E-state index contributed by atoms with van der Waals surface area (Å²) in [6.45, 7) is 1.34. The summed E-state index contributed by atoms with van der Waals surface area (Å²) in [6, 6.07) is 22.3. The number of ether oxygens (including phenoxy) is 1. The Morgan fingerprint density at radius 2 is 1.48 bits per heavy atom. The van der Waals surface area contributed by atoms with Gasteiger partial charge in [0.1, 0.15) is 10.6 Å². The summed E-state index contributed by atoms with van der Waals surface area (Å²) >= 11 is 0. The lowest BCUT2D eigenvalue weighted by molar-refractivity contribution is 0.0559. The normalized spacial score (nSPS) is 11.2. The Hall–Kier alpha value is -2.93. The summed E-state index contributed by atoms with van der Waals surface area (Å²) in [6.07, 6.45) is 1.77. The van der Waals surface area contributed by atoms with Crippen LogP contribution in [0.1, 0.15) is 22.3 Å². The average Bonchev–Trinajstić information content (AvgIpc) is 2.74. The second-order valence-corrected chi connectivity index (χ2v) is 7.97. The van der Waals surface area contributed by atoms with Crippen LogP contribution in [0.15, 0.2) is 77.7 Å². The number of hydrogen-bond donors (Lipinski definition) is 1. The van der Waals surface area contributed by atoms with E-state index >= 15 is 0 Å². The highest BCUT2D eigenvalue weighted by Gasteiger charge is 2.25. The van der Waals surface area contributed by atoms with Crippen molar-refractivity contribution in [2.75, 3.05) is 13.9 Å². The molecular weight excluding hydrogens is 388 g/mol. The fraction of sp³-hybridized carbons (Fsp3) is 0.130. The minimum atomic E-state index is -4.24. The van der Waals surface area contributed by atoms with E-state index in [1.54, 1.807) is 19.1 Å². The number of hydrogen-bond acceptors (Lipinski definition) is 5. The smallest absolute Gasteiger partial charge is 0.303 e. The van der Waals surface area contributed by atoms with Crippen molar-refractivity contribution in [1.82, 2.24) is 0 Å². The Kier molecular flexibility index (Phi) is 6.49. The SMILES string of the molecule is COCOS(=O)(=O)c1c(O)ccc(C)c1C=C(c1ccccc1)c1ccccc1. The third kappa shape index (κ3) is 4.74. The number of methoxy groups -OCH3 is 1. The van der Waals surface area contributed by atoms with Crippen molar-refractivity contribution >= 4 is 21.8 Å². The van der Waals surface area contributed by atoms with Gasteiger partial charge in [0.05, 0.1) is 0 Å². The zero-order valence-corrected chi connectivity index (χ0v) is 17.0. The third-order valence-electron chi connectivity index (χ3n) is 4.42. The maximum absolute atomic E-state index is 12.7. The van der Waals surface area contributed by atoms with Gasteiger partial charge in [-0.15, -0.1) is 0 Å². The second kappa shape index (κ2) is 9.05. The first-order chi connectivity index (χ1) is 13.9. The van der Waals surface area contributed by atoms with Crippen molar-refractivity contribution < 1.29 is 22.4 Å². The standard InChI is InChI=1S/C23H22O5S/c1-17-13-14-22(24)23(29(25,26)28-16-27-2)20(17)15-21(18-9-5-3-6-10-18)19-11-7-4-8-12-19/h3-15,24H,16H2,1-2H3. The second-order valence-electron chi connectivity index (χ2n) is 6.41. The van der Waals surface area contributed by atoms with Gasteiger partial charge in [0.15, 0.2) is 6.79 Å².